The zero-order valence-corrected chi connectivity index (χ0v) is 10.7. The Morgan fingerprint density at radius 1 is 0.933 bits per heavy atom. The molecule has 1 aliphatic heterocycles. The third-order valence-electron chi connectivity index (χ3n) is 3.86. The van der Waals surface area contributed by atoms with Crippen molar-refractivity contribution in [3.05, 3.63) is 0 Å². The Balaban J connectivity index is 1.84. The lowest BCUT2D eigenvalue weighted by atomic mass is 9.92. The van der Waals surface area contributed by atoms with E-state index < -0.39 is 0 Å². The van der Waals surface area contributed by atoms with Gasteiger partial charge in [0.25, 0.3) is 0 Å². The molecule has 15 heavy (non-hydrogen) atoms. The van der Waals surface area contributed by atoms with Crippen LogP contribution < -0.4 is 5.32 Å². The highest BCUT2D eigenvalue weighted by molar-refractivity contribution is 4.77. The number of unbranched alkanes of at least 4 members (excludes halogenated alkanes) is 6. The van der Waals surface area contributed by atoms with Crippen molar-refractivity contribution in [2.75, 3.05) is 13.1 Å². The van der Waals surface area contributed by atoms with Gasteiger partial charge in [-0.25, -0.2) is 0 Å². The third kappa shape index (κ3) is 5.55. The molecule has 0 aromatic carbocycles. The molecule has 0 aliphatic carbocycles. The molecule has 1 rings (SSSR count). The Kier molecular flexibility index (Phi) is 7.08. The average molecular weight is 211 g/mol. The van der Waals surface area contributed by atoms with E-state index in [-0.39, 0.29) is 0 Å². The summed E-state index contributed by atoms with van der Waals surface area (Å²) in [7, 11) is 0. The standard InChI is InChI=1S/C14H29N/c1-3-4-5-6-7-8-9-10-14-12-15-11-13(14)2/h13-15H,3-12H2,1-2H3/t13?,14-/m1/s1. The van der Waals surface area contributed by atoms with Crippen LogP contribution in [0.2, 0.25) is 0 Å². The molecule has 1 fully saturated rings. The van der Waals surface area contributed by atoms with Gasteiger partial charge in [0, 0.05) is 0 Å². The van der Waals surface area contributed by atoms with Crippen LogP contribution in [0.15, 0.2) is 0 Å². The molecule has 1 aliphatic rings. The van der Waals surface area contributed by atoms with E-state index in [2.05, 4.69) is 19.2 Å². The van der Waals surface area contributed by atoms with Crippen molar-refractivity contribution in [3.63, 3.8) is 0 Å². The van der Waals surface area contributed by atoms with E-state index in [1.165, 1.54) is 64.5 Å². The molecule has 0 amide bonds. The van der Waals surface area contributed by atoms with Crippen LogP contribution in [0, 0.1) is 11.8 Å². The van der Waals surface area contributed by atoms with Gasteiger partial charge in [-0.15, -0.1) is 0 Å². The molecule has 0 saturated carbocycles. The van der Waals surface area contributed by atoms with E-state index in [1.807, 2.05) is 0 Å². The van der Waals surface area contributed by atoms with E-state index in [0.717, 1.165) is 11.8 Å². The summed E-state index contributed by atoms with van der Waals surface area (Å²) in [5, 5.41) is 3.49. The summed E-state index contributed by atoms with van der Waals surface area (Å²) in [5.41, 5.74) is 0. The highest BCUT2D eigenvalue weighted by Gasteiger charge is 2.21. The van der Waals surface area contributed by atoms with Gasteiger partial charge in [0.05, 0.1) is 0 Å². The summed E-state index contributed by atoms with van der Waals surface area (Å²) in [6.45, 7) is 7.21. The maximum Gasteiger partial charge on any atom is -0.00174 e. The molecule has 1 N–H and O–H groups in total. The smallest absolute Gasteiger partial charge is 0.00174 e. The summed E-state index contributed by atoms with van der Waals surface area (Å²) >= 11 is 0. The van der Waals surface area contributed by atoms with E-state index in [1.54, 1.807) is 0 Å². The molecule has 90 valence electrons. The first-order valence-corrected chi connectivity index (χ1v) is 7.05. The summed E-state index contributed by atoms with van der Waals surface area (Å²) in [6, 6.07) is 0. The summed E-state index contributed by atoms with van der Waals surface area (Å²) < 4.78 is 0. The Hall–Kier alpha value is -0.0400. The fourth-order valence-corrected chi connectivity index (χ4v) is 2.61. The van der Waals surface area contributed by atoms with E-state index in [9.17, 15) is 0 Å². The van der Waals surface area contributed by atoms with Crippen LogP contribution in [-0.2, 0) is 0 Å². The van der Waals surface area contributed by atoms with Crippen LogP contribution in [0.25, 0.3) is 0 Å². The first-order chi connectivity index (χ1) is 7.34. The molecule has 0 spiro atoms. The van der Waals surface area contributed by atoms with Gasteiger partial charge in [0.2, 0.25) is 0 Å². The van der Waals surface area contributed by atoms with Gasteiger partial charge >= 0.3 is 0 Å². The summed E-state index contributed by atoms with van der Waals surface area (Å²) in [6.07, 6.45) is 11.6. The lowest BCUT2D eigenvalue weighted by Gasteiger charge is -2.13. The zero-order chi connectivity index (χ0) is 10.9. The topological polar surface area (TPSA) is 12.0 Å². The molecule has 0 aromatic heterocycles. The van der Waals surface area contributed by atoms with E-state index >= 15 is 0 Å². The normalized spacial score (nSPS) is 26.0. The Morgan fingerprint density at radius 2 is 1.60 bits per heavy atom. The van der Waals surface area contributed by atoms with Crippen LogP contribution in [0.1, 0.15) is 65.2 Å². The molecule has 0 bridgehead atoms. The predicted molar refractivity (Wildman–Crippen MR) is 68.1 cm³/mol. The van der Waals surface area contributed by atoms with Gasteiger partial charge in [-0.2, -0.15) is 0 Å². The van der Waals surface area contributed by atoms with Crippen LogP contribution >= 0.6 is 0 Å². The van der Waals surface area contributed by atoms with Crippen molar-refractivity contribution in [2.45, 2.75) is 65.2 Å². The maximum atomic E-state index is 3.49. The minimum Gasteiger partial charge on any atom is -0.316 e. The second-order valence-corrected chi connectivity index (χ2v) is 5.31. The maximum absolute atomic E-state index is 3.49. The Bertz CT molecular complexity index is 144. The zero-order valence-electron chi connectivity index (χ0n) is 10.7. The predicted octanol–water partition coefficient (Wildman–Crippen LogP) is 3.98. The molecule has 0 aromatic rings. The van der Waals surface area contributed by atoms with Crippen LogP contribution in [0.3, 0.4) is 0 Å². The second kappa shape index (κ2) is 8.15. The number of hydrogen-bond acceptors (Lipinski definition) is 1. The van der Waals surface area contributed by atoms with Gasteiger partial charge < -0.3 is 5.32 Å². The van der Waals surface area contributed by atoms with Gasteiger partial charge in [-0.3, -0.25) is 0 Å². The molecule has 1 nitrogen and oxygen atoms in total. The molecule has 1 heterocycles. The van der Waals surface area contributed by atoms with Crippen molar-refractivity contribution in [1.82, 2.24) is 5.32 Å². The fourth-order valence-electron chi connectivity index (χ4n) is 2.61. The highest BCUT2D eigenvalue weighted by Crippen LogP contribution is 2.22. The number of hydrogen-bond donors (Lipinski definition) is 1. The van der Waals surface area contributed by atoms with E-state index in [0.29, 0.717) is 0 Å². The van der Waals surface area contributed by atoms with Crippen molar-refractivity contribution in [3.8, 4) is 0 Å². The highest BCUT2D eigenvalue weighted by atomic mass is 14.9. The first-order valence-electron chi connectivity index (χ1n) is 7.05. The number of nitrogens with one attached hydrogen (secondary N) is 1. The van der Waals surface area contributed by atoms with Crippen molar-refractivity contribution < 1.29 is 0 Å². The molecular formula is C14H29N. The van der Waals surface area contributed by atoms with Crippen LogP contribution in [-0.4, -0.2) is 13.1 Å². The van der Waals surface area contributed by atoms with Crippen LogP contribution in [0.5, 0.6) is 0 Å². The molecule has 1 unspecified atom stereocenters. The lowest BCUT2D eigenvalue weighted by Crippen LogP contribution is -2.09. The van der Waals surface area contributed by atoms with Gasteiger partial charge in [0.1, 0.15) is 0 Å². The second-order valence-electron chi connectivity index (χ2n) is 5.31. The minimum atomic E-state index is 0.921. The van der Waals surface area contributed by atoms with Crippen molar-refractivity contribution >= 4 is 0 Å². The third-order valence-corrected chi connectivity index (χ3v) is 3.86. The van der Waals surface area contributed by atoms with Gasteiger partial charge in [-0.1, -0.05) is 58.8 Å². The molecule has 0 radical (unpaired) electrons. The van der Waals surface area contributed by atoms with Crippen molar-refractivity contribution in [1.29, 1.82) is 0 Å². The van der Waals surface area contributed by atoms with Crippen molar-refractivity contribution in [2.24, 2.45) is 11.8 Å². The number of rotatable bonds is 8. The average Bonchev–Trinajstić information content (AvgIpc) is 2.63. The Morgan fingerprint density at radius 3 is 2.20 bits per heavy atom. The summed E-state index contributed by atoms with van der Waals surface area (Å²) in [4.78, 5) is 0. The van der Waals surface area contributed by atoms with Crippen LogP contribution in [0.4, 0.5) is 0 Å². The van der Waals surface area contributed by atoms with E-state index in [4.69, 9.17) is 0 Å². The molecule has 2 atom stereocenters. The fraction of sp³-hybridized carbons (Fsp3) is 1.00. The lowest BCUT2D eigenvalue weighted by molar-refractivity contribution is 0.400. The SMILES string of the molecule is CCCCCCCCC[C@@H]1CNCC1C. The van der Waals surface area contributed by atoms with Gasteiger partial charge in [0.15, 0.2) is 0 Å². The first kappa shape index (κ1) is 13.0. The summed E-state index contributed by atoms with van der Waals surface area (Å²) in [5.74, 6) is 1.89. The molecular weight excluding hydrogens is 182 g/mol. The van der Waals surface area contributed by atoms with Gasteiger partial charge in [-0.05, 0) is 31.3 Å². The molecule has 1 heteroatoms. The minimum absolute atomic E-state index is 0.921. The monoisotopic (exact) mass is 211 g/mol. The quantitative estimate of drug-likeness (QED) is 0.599. The molecule has 1 saturated heterocycles. The largest absolute Gasteiger partial charge is 0.316 e. The Labute approximate surface area is 96.0 Å².